The summed E-state index contributed by atoms with van der Waals surface area (Å²) in [5, 5.41) is 11.4. The largest absolute Gasteiger partial charge is 0.407 e. The molecule has 0 saturated carbocycles. The van der Waals surface area contributed by atoms with E-state index in [1.165, 1.54) is 0 Å². The smallest absolute Gasteiger partial charge is 0.315 e. The molecule has 1 aromatic heterocycles. The van der Waals surface area contributed by atoms with E-state index in [2.05, 4.69) is 15.5 Å². The number of nitrogens with zero attached hydrogens (tertiary/aromatic N) is 2. The molecule has 4 nitrogen and oxygen atoms in total. The first-order valence-electron chi connectivity index (χ1n) is 5.09. The van der Waals surface area contributed by atoms with Gasteiger partial charge in [-0.15, -0.1) is 16.7 Å². The number of benzene rings is 1. The zero-order valence-electron chi connectivity index (χ0n) is 9.15. The van der Waals surface area contributed by atoms with E-state index >= 15 is 0 Å². The van der Waals surface area contributed by atoms with Crippen LogP contribution in [0.5, 0.6) is 0 Å². The van der Waals surface area contributed by atoms with Gasteiger partial charge in [-0.2, -0.15) is 0 Å². The Morgan fingerprint density at radius 3 is 2.59 bits per heavy atom. The van der Waals surface area contributed by atoms with Gasteiger partial charge in [0.05, 0.1) is 6.04 Å². The van der Waals surface area contributed by atoms with Gasteiger partial charge in [0.15, 0.2) is 0 Å². The molecule has 0 aliphatic heterocycles. The molecule has 1 aromatic carbocycles. The second kappa shape index (κ2) is 5.38. The fourth-order valence-corrected chi connectivity index (χ4v) is 1.62. The maximum Gasteiger partial charge on any atom is 0.315 e. The monoisotopic (exact) mass is 271 g/mol. The topological polar surface area (TPSA) is 51.0 Å². The molecule has 0 amide bonds. The van der Waals surface area contributed by atoms with Gasteiger partial charge in [0.1, 0.15) is 5.88 Å². The molecule has 17 heavy (non-hydrogen) atoms. The molecule has 0 aliphatic rings. The predicted octanol–water partition coefficient (Wildman–Crippen LogP) is 3.63. The summed E-state index contributed by atoms with van der Waals surface area (Å²) < 4.78 is 5.26. The van der Waals surface area contributed by atoms with Crippen molar-refractivity contribution >= 4 is 29.2 Å². The fraction of sp³-hybridized carbons (Fsp3) is 0.273. The van der Waals surface area contributed by atoms with Crippen molar-refractivity contribution in [1.82, 2.24) is 10.2 Å². The Morgan fingerprint density at radius 1 is 1.29 bits per heavy atom. The molecule has 90 valence electrons. The Hall–Kier alpha value is -1.26. The van der Waals surface area contributed by atoms with E-state index in [0.29, 0.717) is 16.9 Å². The van der Waals surface area contributed by atoms with Crippen LogP contribution in [0.25, 0.3) is 0 Å². The maximum absolute atomic E-state index is 5.82. The average Bonchev–Trinajstić information content (AvgIpc) is 2.77. The minimum atomic E-state index is 0.0518. The lowest BCUT2D eigenvalue weighted by molar-refractivity contribution is 0.520. The molecular formula is C11H11Cl2N3O. The molecule has 0 saturated heterocycles. The number of anilines is 1. The number of nitrogens with one attached hydrogen (secondary N) is 1. The molecule has 1 atom stereocenters. The highest BCUT2D eigenvalue weighted by molar-refractivity contribution is 6.30. The summed E-state index contributed by atoms with van der Waals surface area (Å²) >= 11 is 11.4. The first kappa shape index (κ1) is 12.2. The summed E-state index contributed by atoms with van der Waals surface area (Å²) in [6.45, 7) is 1.99. The zero-order chi connectivity index (χ0) is 12.3. The fourth-order valence-electron chi connectivity index (χ4n) is 1.39. The van der Waals surface area contributed by atoms with Crippen molar-refractivity contribution < 1.29 is 4.42 Å². The third-order valence-corrected chi connectivity index (χ3v) is 2.77. The quantitative estimate of drug-likeness (QED) is 0.863. The lowest BCUT2D eigenvalue weighted by Gasteiger charge is -2.11. The molecule has 1 unspecified atom stereocenters. The van der Waals surface area contributed by atoms with Crippen LogP contribution in [-0.4, -0.2) is 10.2 Å². The minimum absolute atomic E-state index is 0.0518. The van der Waals surface area contributed by atoms with Crippen molar-refractivity contribution in [1.29, 1.82) is 0 Å². The Morgan fingerprint density at radius 2 is 2.00 bits per heavy atom. The predicted molar refractivity (Wildman–Crippen MR) is 67.3 cm³/mol. The lowest BCUT2D eigenvalue weighted by Crippen LogP contribution is -2.06. The second-order valence-corrected chi connectivity index (χ2v) is 4.26. The lowest BCUT2D eigenvalue weighted by atomic mass is 10.1. The molecule has 6 heteroatoms. The van der Waals surface area contributed by atoms with Crippen LogP contribution < -0.4 is 5.32 Å². The molecule has 2 aromatic rings. The van der Waals surface area contributed by atoms with Crippen LogP contribution in [0.3, 0.4) is 0 Å². The summed E-state index contributed by atoms with van der Waals surface area (Å²) in [5.41, 5.74) is 1.08. The highest BCUT2D eigenvalue weighted by Gasteiger charge is 2.10. The molecule has 1 N–H and O–H groups in total. The number of rotatable bonds is 4. The van der Waals surface area contributed by atoms with Crippen LogP contribution in [0.2, 0.25) is 5.02 Å². The van der Waals surface area contributed by atoms with E-state index in [0.717, 1.165) is 5.56 Å². The SMILES string of the molecule is CC(Nc1nnc(CCl)o1)c1ccc(Cl)cc1. The summed E-state index contributed by atoms with van der Waals surface area (Å²) in [4.78, 5) is 0. The second-order valence-electron chi connectivity index (χ2n) is 3.55. The minimum Gasteiger partial charge on any atom is -0.407 e. The van der Waals surface area contributed by atoms with Gasteiger partial charge < -0.3 is 9.73 Å². The Labute approximate surface area is 109 Å². The van der Waals surface area contributed by atoms with Gasteiger partial charge in [-0.1, -0.05) is 28.8 Å². The van der Waals surface area contributed by atoms with Gasteiger partial charge >= 0.3 is 6.01 Å². The van der Waals surface area contributed by atoms with E-state index in [4.69, 9.17) is 27.6 Å². The standard InChI is InChI=1S/C11H11Cl2N3O/c1-7(8-2-4-9(13)5-3-8)14-11-16-15-10(6-12)17-11/h2-5,7H,6H2,1H3,(H,14,16). The van der Waals surface area contributed by atoms with Crippen LogP contribution in [-0.2, 0) is 5.88 Å². The average molecular weight is 272 g/mol. The molecule has 2 rings (SSSR count). The molecule has 0 aliphatic carbocycles. The highest BCUT2D eigenvalue weighted by Crippen LogP contribution is 2.20. The molecule has 0 spiro atoms. The normalized spacial score (nSPS) is 12.4. The summed E-state index contributed by atoms with van der Waals surface area (Å²) in [6.07, 6.45) is 0. The number of aromatic nitrogens is 2. The van der Waals surface area contributed by atoms with E-state index in [-0.39, 0.29) is 11.9 Å². The van der Waals surface area contributed by atoms with Gasteiger partial charge in [-0.3, -0.25) is 0 Å². The van der Waals surface area contributed by atoms with E-state index in [9.17, 15) is 0 Å². The van der Waals surface area contributed by atoms with Gasteiger partial charge in [0.25, 0.3) is 0 Å². The van der Waals surface area contributed by atoms with Gasteiger partial charge in [-0.25, -0.2) is 0 Å². The van der Waals surface area contributed by atoms with Crippen LogP contribution in [0, 0.1) is 0 Å². The van der Waals surface area contributed by atoms with Gasteiger partial charge in [-0.05, 0) is 24.6 Å². The number of halogens is 2. The van der Waals surface area contributed by atoms with E-state index < -0.39 is 0 Å². The number of alkyl halides is 1. The molecule has 1 heterocycles. The van der Waals surface area contributed by atoms with Crippen LogP contribution in [0.1, 0.15) is 24.4 Å². The van der Waals surface area contributed by atoms with Crippen molar-refractivity contribution in [2.75, 3.05) is 5.32 Å². The van der Waals surface area contributed by atoms with Crippen molar-refractivity contribution in [2.24, 2.45) is 0 Å². The third kappa shape index (κ3) is 3.11. The first-order chi connectivity index (χ1) is 8.19. The van der Waals surface area contributed by atoms with Gasteiger partial charge in [0.2, 0.25) is 5.89 Å². The van der Waals surface area contributed by atoms with E-state index in [1.807, 2.05) is 31.2 Å². The highest BCUT2D eigenvalue weighted by atomic mass is 35.5. The number of hydrogen-bond donors (Lipinski definition) is 1. The maximum atomic E-state index is 5.82. The Balaban J connectivity index is 2.05. The summed E-state index contributed by atoms with van der Waals surface area (Å²) in [7, 11) is 0. The van der Waals surface area contributed by atoms with Crippen molar-refractivity contribution in [3.63, 3.8) is 0 Å². The molecule has 0 bridgehead atoms. The first-order valence-corrected chi connectivity index (χ1v) is 6.00. The van der Waals surface area contributed by atoms with Gasteiger partial charge in [0, 0.05) is 5.02 Å². The number of hydrogen-bond acceptors (Lipinski definition) is 4. The third-order valence-electron chi connectivity index (χ3n) is 2.29. The molecular weight excluding hydrogens is 261 g/mol. The Kier molecular flexibility index (Phi) is 3.86. The van der Waals surface area contributed by atoms with E-state index in [1.54, 1.807) is 0 Å². The summed E-state index contributed by atoms with van der Waals surface area (Å²) in [6, 6.07) is 7.98. The Bertz CT molecular complexity index is 484. The van der Waals surface area contributed by atoms with Crippen molar-refractivity contribution in [2.45, 2.75) is 18.8 Å². The molecule has 0 fully saturated rings. The van der Waals surface area contributed by atoms with Crippen LogP contribution in [0.15, 0.2) is 28.7 Å². The molecule has 0 radical (unpaired) electrons. The van der Waals surface area contributed by atoms with Crippen molar-refractivity contribution in [3.05, 3.63) is 40.7 Å². The van der Waals surface area contributed by atoms with Crippen molar-refractivity contribution in [3.8, 4) is 0 Å². The zero-order valence-corrected chi connectivity index (χ0v) is 10.7. The van der Waals surface area contributed by atoms with Crippen LogP contribution >= 0.6 is 23.2 Å². The van der Waals surface area contributed by atoms with Crippen LogP contribution in [0.4, 0.5) is 6.01 Å². The summed E-state index contributed by atoms with van der Waals surface area (Å²) in [5.74, 6) is 0.613.